The molecular weight excluding hydrogens is 485 g/mol. The molecule has 0 amide bonds. The smallest absolute Gasteiger partial charge is 0.191 e. The molecule has 158 valence electrons. The van der Waals surface area contributed by atoms with Gasteiger partial charge in [0.25, 0.3) is 0 Å². The molecule has 0 spiro atoms. The van der Waals surface area contributed by atoms with Crippen molar-refractivity contribution in [3.05, 3.63) is 78.0 Å². The Morgan fingerprint density at radius 3 is 2.73 bits per heavy atom. The van der Waals surface area contributed by atoms with Crippen LogP contribution >= 0.6 is 24.0 Å². The van der Waals surface area contributed by atoms with Crippen molar-refractivity contribution in [2.24, 2.45) is 4.99 Å². The zero-order valence-electron chi connectivity index (χ0n) is 17.4. The molecular formula is C24H30IN5. The lowest BCUT2D eigenvalue weighted by molar-refractivity contribution is 0.801. The summed E-state index contributed by atoms with van der Waals surface area (Å²) in [7, 11) is 0. The Bertz CT molecular complexity index is 1000. The molecule has 5 nitrogen and oxygen atoms in total. The lowest BCUT2D eigenvalue weighted by atomic mass is 10.1. The molecule has 0 fully saturated rings. The fourth-order valence-electron chi connectivity index (χ4n) is 3.71. The van der Waals surface area contributed by atoms with Crippen molar-refractivity contribution in [2.75, 3.05) is 31.1 Å². The highest BCUT2D eigenvalue weighted by molar-refractivity contribution is 14.0. The normalized spacial score (nSPS) is 13.5. The average Bonchev–Trinajstić information content (AvgIpc) is 3.43. The third-order valence-electron chi connectivity index (χ3n) is 5.22. The Labute approximate surface area is 195 Å². The van der Waals surface area contributed by atoms with E-state index >= 15 is 0 Å². The summed E-state index contributed by atoms with van der Waals surface area (Å²) in [5, 5.41) is 8.11. The summed E-state index contributed by atoms with van der Waals surface area (Å²) in [6, 6.07) is 17.1. The van der Waals surface area contributed by atoms with Gasteiger partial charge in [-0.1, -0.05) is 42.5 Å². The van der Waals surface area contributed by atoms with E-state index < -0.39 is 0 Å². The van der Waals surface area contributed by atoms with Gasteiger partial charge in [-0.2, -0.15) is 0 Å². The number of fused-ring (bicyclic) bond motifs is 1. The van der Waals surface area contributed by atoms with Crippen LogP contribution in [0.2, 0.25) is 0 Å². The minimum Gasteiger partial charge on any atom is -0.364 e. The number of hydrogen-bond acceptors (Lipinski definition) is 2. The van der Waals surface area contributed by atoms with E-state index in [4.69, 9.17) is 4.99 Å². The number of halogens is 1. The van der Waals surface area contributed by atoms with Crippen LogP contribution in [0, 0.1) is 0 Å². The quantitative estimate of drug-likeness (QED) is 0.189. The van der Waals surface area contributed by atoms with Crippen LogP contribution in [0.4, 0.5) is 5.69 Å². The highest BCUT2D eigenvalue weighted by Gasteiger charge is 2.08. The lowest BCUT2D eigenvalue weighted by Gasteiger charge is -2.18. The first kappa shape index (κ1) is 22.2. The zero-order chi connectivity index (χ0) is 19.9. The van der Waals surface area contributed by atoms with Gasteiger partial charge in [0.2, 0.25) is 0 Å². The number of anilines is 1. The molecule has 2 heterocycles. The van der Waals surface area contributed by atoms with E-state index in [1.165, 1.54) is 27.7 Å². The summed E-state index contributed by atoms with van der Waals surface area (Å²) in [4.78, 5) is 10.5. The van der Waals surface area contributed by atoms with E-state index in [0.29, 0.717) is 6.54 Å². The number of rotatable bonds is 7. The van der Waals surface area contributed by atoms with Crippen molar-refractivity contribution in [3.63, 3.8) is 0 Å². The standard InChI is InChI=1S/C24H29N5.HI/c1-2-25-24(26-13-12-20-18-27-23-11-4-3-10-22(20)23)28-17-19-8-7-9-21(16-19)29-14-5-6-15-29;/h3-11,16,18,27H,2,12-15,17H2,1H3,(H2,25,26,28);1H. The van der Waals surface area contributed by atoms with Crippen molar-refractivity contribution in [1.82, 2.24) is 15.6 Å². The Morgan fingerprint density at radius 2 is 1.90 bits per heavy atom. The molecule has 1 aliphatic heterocycles. The number of aromatic amines is 1. The van der Waals surface area contributed by atoms with E-state index in [-0.39, 0.29) is 24.0 Å². The number of guanidine groups is 1. The Kier molecular flexibility index (Phi) is 8.19. The Balaban J connectivity index is 0.00000256. The van der Waals surface area contributed by atoms with Crippen LogP contribution in [0.1, 0.15) is 18.1 Å². The summed E-state index contributed by atoms with van der Waals surface area (Å²) in [6.07, 6.45) is 7.48. The predicted molar refractivity (Wildman–Crippen MR) is 138 cm³/mol. The van der Waals surface area contributed by atoms with Crippen molar-refractivity contribution < 1.29 is 0 Å². The number of H-pyrrole nitrogens is 1. The summed E-state index contributed by atoms with van der Waals surface area (Å²) < 4.78 is 0. The molecule has 1 aliphatic rings. The van der Waals surface area contributed by atoms with Crippen LogP contribution in [0.15, 0.2) is 71.9 Å². The first-order valence-corrected chi connectivity index (χ1v) is 10.4. The van der Waals surface area contributed by atoms with Gasteiger partial charge >= 0.3 is 0 Å². The van der Waals surface area contributed by atoms with Crippen LogP contribution in [-0.2, 0) is 13.0 Å². The second-order valence-corrected chi connectivity index (χ2v) is 7.28. The van der Waals surface area contributed by atoms with Gasteiger partial charge in [0.15, 0.2) is 5.96 Å². The van der Waals surface area contributed by atoms with Crippen molar-refractivity contribution >= 4 is 46.5 Å². The molecule has 3 N–H and O–H groups in total. The van der Waals surface area contributed by atoms with Gasteiger partial charge in [0.1, 0.15) is 0 Å². The number of nitrogens with zero attached hydrogens (tertiary/aromatic N) is 2. The van der Waals surface area contributed by atoms with E-state index in [9.17, 15) is 0 Å². The number of aromatic nitrogens is 1. The van der Waals surface area contributed by atoms with E-state index in [2.05, 4.69) is 94.3 Å². The summed E-state index contributed by atoms with van der Waals surface area (Å²) >= 11 is 0. The molecule has 6 heteroatoms. The first-order chi connectivity index (χ1) is 14.3. The number of aliphatic imine (C=N–C) groups is 1. The van der Waals surface area contributed by atoms with Gasteiger partial charge in [0.05, 0.1) is 6.54 Å². The number of hydrogen-bond donors (Lipinski definition) is 3. The maximum atomic E-state index is 4.79. The Morgan fingerprint density at radius 1 is 1.07 bits per heavy atom. The van der Waals surface area contributed by atoms with Gasteiger partial charge in [0, 0.05) is 49.0 Å². The molecule has 1 aromatic heterocycles. The minimum atomic E-state index is 0. The molecule has 0 atom stereocenters. The molecule has 0 bridgehead atoms. The second-order valence-electron chi connectivity index (χ2n) is 7.28. The molecule has 0 saturated carbocycles. The van der Waals surface area contributed by atoms with Crippen LogP contribution < -0.4 is 15.5 Å². The van der Waals surface area contributed by atoms with E-state index in [1.807, 2.05) is 0 Å². The molecule has 2 aromatic carbocycles. The molecule has 4 rings (SSSR count). The van der Waals surface area contributed by atoms with Crippen molar-refractivity contribution in [3.8, 4) is 0 Å². The first-order valence-electron chi connectivity index (χ1n) is 10.4. The van der Waals surface area contributed by atoms with Crippen LogP contribution in [0.25, 0.3) is 10.9 Å². The minimum absolute atomic E-state index is 0. The maximum absolute atomic E-state index is 4.79. The SMILES string of the molecule is CCNC(=NCc1cccc(N2CC=CC2)c1)NCCc1c[nH]c2ccccc12.I. The summed E-state index contributed by atoms with van der Waals surface area (Å²) in [5.74, 6) is 0.862. The number of para-hydroxylation sites is 1. The second kappa shape index (κ2) is 11.1. The van der Waals surface area contributed by atoms with Gasteiger partial charge in [-0.15, -0.1) is 24.0 Å². The Hall–Kier alpha value is -2.48. The largest absolute Gasteiger partial charge is 0.364 e. The molecule has 0 radical (unpaired) electrons. The highest BCUT2D eigenvalue weighted by atomic mass is 127. The maximum Gasteiger partial charge on any atom is 0.191 e. The summed E-state index contributed by atoms with van der Waals surface area (Å²) in [5.41, 5.74) is 5.01. The topological polar surface area (TPSA) is 55.5 Å². The van der Waals surface area contributed by atoms with Crippen molar-refractivity contribution in [2.45, 2.75) is 19.9 Å². The molecule has 0 aliphatic carbocycles. The van der Waals surface area contributed by atoms with Gasteiger partial charge in [-0.3, -0.25) is 0 Å². The van der Waals surface area contributed by atoms with Crippen LogP contribution in [0.5, 0.6) is 0 Å². The molecule has 0 saturated heterocycles. The monoisotopic (exact) mass is 515 g/mol. The van der Waals surface area contributed by atoms with Crippen molar-refractivity contribution in [1.29, 1.82) is 0 Å². The third-order valence-corrected chi connectivity index (χ3v) is 5.22. The third kappa shape index (κ3) is 5.56. The lowest BCUT2D eigenvalue weighted by Crippen LogP contribution is -2.38. The van der Waals surface area contributed by atoms with E-state index in [0.717, 1.165) is 38.6 Å². The van der Waals surface area contributed by atoms with Gasteiger partial charge in [-0.25, -0.2) is 4.99 Å². The average molecular weight is 515 g/mol. The molecule has 30 heavy (non-hydrogen) atoms. The zero-order valence-corrected chi connectivity index (χ0v) is 19.7. The number of nitrogens with one attached hydrogen (secondary N) is 3. The highest BCUT2D eigenvalue weighted by Crippen LogP contribution is 2.19. The fraction of sp³-hybridized carbons (Fsp3) is 0.292. The predicted octanol–water partition coefficient (Wildman–Crippen LogP) is 4.46. The van der Waals surface area contributed by atoms with E-state index in [1.54, 1.807) is 0 Å². The number of benzene rings is 2. The summed E-state index contributed by atoms with van der Waals surface area (Å²) in [6.45, 7) is 6.43. The van der Waals surface area contributed by atoms with Crippen LogP contribution in [-0.4, -0.2) is 37.1 Å². The van der Waals surface area contributed by atoms with Gasteiger partial charge in [-0.05, 0) is 42.7 Å². The molecule has 3 aromatic rings. The molecule has 0 unspecified atom stereocenters. The van der Waals surface area contributed by atoms with Gasteiger partial charge < -0.3 is 20.5 Å². The fourth-order valence-corrected chi connectivity index (χ4v) is 3.71. The van der Waals surface area contributed by atoms with Crippen LogP contribution in [0.3, 0.4) is 0 Å².